The number of nitrogens with zero attached hydrogens (tertiary/aromatic N) is 1. The van der Waals surface area contributed by atoms with Gasteiger partial charge in [-0.15, -0.1) is 0 Å². The molecule has 1 atom stereocenters. The number of hydrogen-bond donors (Lipinski definition) is 3. The van der Waals surface area contributed by atoms with E-state index in [4.69, 9.17) is 5.26 Å². The summed E-state index contributed by atoms with van der Waals surface area (Å²) in [6, 6.07) is 24.5. The highest BCUT2D eigenvalue weighted by Gasteiger charge is 2.24. The summed E-state index contributed by atoms with van der Waals surface area (Å²) in [6.45, 7) is 0.607. The van der Waals surface area contributed by atoms with Crippen LogP contribution in [0.2, 0.25) is 0 Å². The fourth-order valence-electron chi connectivity index (χ4n) is 4.03. The number of aromatic nitrogens is 1. The first-order valence-electron chi connectivity index (χ1n) is 11.2. The number of nitriles is 1. The van der Waals surface area contributed by atoms with Gasteiger partial charge >= 0.3 is 0 Å². The molecule has 0 radical (unpaired) electrons. The zero-order valence-electron chi connectivity index (χ0n) is 19.0. The van der Waals surface area contributed by atoms with Gasteiger partial charge in [0, 0.05) is 36.3 Å². The van der Waals surface area contributed by atoms with Gasteiger partial charge in [-0.2, -0.15) is 5.26 Å². The van der Waals surface area contributed by atoms with Gasteiger partial charge in [-0.25, -0.2) is 0 Å². The molecule has 6 nitrogen and oxygen atoms in total. The lowest BCUT2D eigenvalue weighted by Crippen LogP contribution is -2.30. The third kappa shape index (κ3) is 5.22. The van der Waals surface area contributed by atoms with Gasteiger partial charge in [-0.05, 0) is 41.3 Å². The average molecular weight is 451 g/mol. The summed E-state index contributed by atoms with van der Waals surface area (Å²) in [7, 11) is 1.62. The van der Waals surface area contributed by atoms with Gasteiger partial charge in [0.1, 0.15) is 0 Å². The molecular weight excluding hydrogens is 424 g/mol. The van der Waals surface area contributed by atoms with E-state index in [1.165, 1.54) is 0 Å². The van der Waals surface area contributed by atoms with Crippen LogP contribution in [0.4, 0.5) is 0 Å². The molecule has 3 N–H and O–H groups in total. The molecule has 0 fully saturated rings. The highest BCUT2D eigenvalue weighted by molar-refractivity contribution is 6.10. The molecule has 0 saturated heterocycles. The molecular formula is C28H26N4O2. The minimum atomic E-state index is -0.496. The Balaban J connectivity index is 1.55. The SMILES string of the molecule is CNC(=O)Cc1ccc2c(C(=O)C(NCCc3ccc(C#N)cc3)c3ccccc3)c[nH]c2c1. The number of hydrogen-bond acceptors (Lipinski definition) is 4. The van der Waals surface area contributed by atoms with E-state index >= 15 is 0 Å². The van der Waals surface area contributed by atoms with Crippen molar-refractivity contribution in [2.75, 3.05) is 13.6 Å². The number of likely N-dealkylation sites (N-methyl/N-ethyl adjacent to an activating group) is 1. The standard InChI is InChI=1S/C28H26N4O2/c1-30-26(33)16-21-11-12-23-24(18-32-25(23)15-21)28(34)27(22-5-3-2-4-6-22)31-14-13-19-7-9-20(17-29)10-8-19/h2-12,15,18,27,31-32H,13-14,16H2,1H3,(H,30,33). The van der Waals surface area contributed by atoms with Crippen molar-refractivity contribution in [3.8, 4) is 6.07 Å². The fourth-order valence-corrected chi connectivity index (χ4v) is 4.03. The number of carbonyl (C=O) groups is 2. The molecule has 0 bridgehead atoms. The molecule has 0 aliphatic carbocycles. The highest BCUT2D eigenvalue weighted by Crippen LogP contribution is 2.26. The van der Waals surface area contributed by atoms with Crippen molar-refractivity contribution in [3.63, 3.8) is 0 Å². The first-order valence-corrected chi connectivity index (χ1v) is 11.2. The number of Topliss-reactive ketones (excluding diaryl/α,β-unsaturated/α-hetero) is 1. The van der Waals surface area contributed by atoms with Crippen molar-refractivity contribution >= 4 is 22.6 Å². The second kappa shape index (κ2) is 10.6. The van der Waals surface area contributed by atoms with E-state index < -0.39 is 6.04 Å². The van der Waals surface area contributed by atoms with Crippen LogP contribution in [0.1, 0.15) is 38.7 Å². The molecule has 1 amide bonds. The van der Waals surface area contributed by atoms with E-state index in [1.54, 1.807) is 25.4 Å². The van der Waals surface area contributed by atoms with Crippen molar-refractivity contribution in [2.45, 2.75) is 18.9 Å². The van der Waals surface area contributed by atoms with Crippen molar-refractivity contribution in [1.29, 1.82) is 5.26 Å². The normalized spacial score (nSPS) is 11.6. The summed E-state index contributed by atoms with van der Waals surface area (Å²) in [5.74, 6) is -0.0749. The topological polar surface area (TPSA) is 97.8 Å². The predicted octanol–water partition coefficient (Wildman–Crippen LogP) is 4.08. The van der Waals surface area contributed by atoms with Gasteiger partial charge in [0.25, 0.3) is 0 Å². The summed E-state index contributed by atoms with van der Waals surface area (Å²) < 4.78 is 0. The number of ketones is 1. The molecule has 0 aliphatic rings. The number of nitrogens with one attached hydrogen (secondary N) is 3. The van der Waals surface area contributed by atoms with Crippen molar-refractivity contribution < 1.29 is 9.59 Å². The first-order chi connectivity index (χ1) is 16.6. The van der Waals surface area contributed by atoms with Crippen molar-refractivity contribution in [3.05, 3.63) is 107 Å². The van der Waals surface area contributed by atoms with Crippen LogP contribution < -0.4 is 10.6 Å². The summed E-state index contributed by atoms with van der Waals surface area (Å²) in [5, 5.41) is 15.9. The summed E-state index contributed by atoms with van der Waals surface area (Å²) in [6.07, 6.45) is 2.77. The zero-order chi connectivity index (χ0) is 23.9. The number of amides is 1. The Labute approximate surface area is 198 Å². The Morgan fingerprint density at radius 2 is 1.74 bits per heavy atom. The Morgan fingerprint density at radius 3 is 2.44 bits per heavy atom. The fraction of sp³-hybridized carbons (Fsp3) is 0.179. The average Bonchev–Trinajstić information content (AvgIpc) is 3.30. The minimum Gasteiger partial charge on any atom is -0.360 e. The second-order valence-corrected chi connectivity index (χ2v) is 8.15. The Morgan fingerprint density at radius 1 is 1.00 bits per heavy atom. The molecule has 6 heteroatoms. The van der Waals surface area contributed by atoms with Crippen molar-refractivity contribution in [2.24, 2.45) is 0 Å². The van der Waals surface area contributed by atoms with Gasteiger partial charge in [0.05, 0.1) is 24.1 Å². The monoisotopic (exact) mass is 450 g/mol. The number of H-pyrrole nitrogens is 1. The third-order valence-corrected chi connectivity index (χ3v) is 5.90. The van der Waals surface area contributed by atoms with Gasteiger partial charge in [-0.3, -0.25) is 9.59 Å². The molecule has 34 heavy (non-hydrogen) atoms. The van der Waals surface area contributed by atoms with E-state index in [2.05, 4.69) is 21.7 Å². The van der Waals surface area contributed by atoms with Crippen LogP contribution in [-0.2, 0) is 17.6 Å². The molecule has 0 aliphatic heterocycles. The second-order valence-electron chi connectivity index (χ2n) is 8.15. The molecule has 4 rings (SSSR count). The van der Waals surface area contributed by atoms with Gasteiger partial charge in [0.2, 0.25) is 5.91 Å². The lowest BCUT2D eigenvalue weighted by molar-refractivity contribution is -0.119. The van der Waals surface area contributed by atoms with Gasteiger partial charge < -0.3 is 15.6 Å². The maximum atomic E-state index is 13.7. The molecule has 170 valence electrons. The quantitative estimate of drug-likeness (QED) is 0.335. The van der Waals surface area contributed by atoms with Crippen LogP contribution in [0.5, 0.6) is 0 Å². The van der Waals surface area contributed by atoms with Crippen LogP contribution in [0, 0.1) is 11.3 Å². The highest BCUT2D eigenvalue weighted by atomic mass is 16.1. The largest absolute Gasteiger partial charge is 0.360 e. The van der Waals surface area contributed by atoms with Crippen LogP contribution in [0.15, 0.2) is 79.0 Å². The molecule has 0 spiro atoms. The smallest absolute Gasteiger partial charge is 0.224 e. The molecule has 4 aromatic rings. The first kappa shape index (κ1) is 23.0. The maximum absolute atomic E-state index is 13.7. The van der Waals surface area contributed by atoms with Crippen LogP contribution in [-0.4, -0.2) is 30.3 Å². The summed E-state index contributed by atoms with van der Waals surface area (Å²) in [5.41, 5.74) is 4.95. The molecule has 0 saturated carbocycles. The van der Waals surface area contributed by atoms with Crippen molar-refractivity contribution in [1.82, 2.24) is 15.6 Å². The number of benzene rings is 3. The number of aromatic amines is 1. The zero-order valence-corrected chi connectivity index (χ0v) is 19.0. The number of rotatable bonds is 9. The lowest BCUT2D eigenvalue weighted by Gasteiger charge is -2.18. The van der Waals surface area contributed by atoms with E-state index in [-0.39, 0.29) is 18.1 Å². The van der Waals surface area contributed by atoms with E-state index in [0.29, 0.717) is 17.7 Å². The minimum absolute atomic E-state index is 0.0173. The third-order valence-electron chi connectivity index (χ3n) is 5.90. The molecule has 3 aromatic carbocycles. The van der Waals surface area contributed by atoms with Crippen LogP contribution >= 0.6 is 0 Å². The van der Waals surface area contributed by atoms with E-state index in [1.807, 2.05) is 60.7 Å². The summed E-state index contributed by atoms with van der Waals surface area (Å²) >= 11 is 0. The van der Waals surface area contributed by atoms with E-state index in [0.717, 1.165) is 34.0 Å². The van der Waals surface area contributed by atoms with Crippen LogP contribution in [0.25, 0.3) is 10.9 Å². The predicted molar refractivity (Wildman–Crippen MR) is 132 cm³/mol. The number of carbonyl (C=O) groups excluding carboxylic acids is 2. The molecule has 1 aromatic heterocycles. The van der Waals surface area contributed by atoms with Gasteiger partial charge in [0.15, 0.2) is 5.78 Å². The van der Waals surface area contributed by atoms with Crippen LogP contribution in [0.3, 0.4) is 0 Å². The van der Waals surface area contributed by atoms with Gasteiger partial charge in [-0.1, -0.05) is 54.6 Å². The molecule has 1 unspecified atom stereocenters. The number of fused-ring (bicyclic) bond motifs is 1. The Kier molecular flexibility index (Phi) is 7.16. The summed E-state index contributed by atoms with van der Waals surface area (Å²) in [4.78, 5) is 28.6. The lowest BCUT2D eigenvalue weighted by atomic mass is 9.96. The van der Waals surface area contributed by atoms with E-state index in [9.17, 15) is 9.59 Å². The molecule has 1 heterocycles. The maximum Gasteiger partial charge on any atom is 0.224 e. The Hall–Kier alpha value is -4.21. The Bertz CT molecular complexity index is 1330.